The molecule has 1 aliphatic rings. The Morgan fingerprint density at radius 2 is 2.04 bits per heavy atom. The van der Waals surface area contributed by atoms with Gasteiger partial charge >= 0.3 is 0 Å². The van der Waals surface area contributed by atoms with E-state index in [1.165, 1.54) is 17.7 Å². The second kappa shape index (κ2) is 10.6. The Morgan fingerprint density at radius 1 is 1.24 bits per heavy atom. The van der Waals surface area contributed by atoms with Crippen molar-refractivity contribution in [1.82, 2.24) is 15.6 Å². The molecule has 2 N–H and O–H groups in total. The minimum atomic E-state index is 0. The fourth-order valence-electron chi connectivity index (χ4n) is 2.75. The van der Waals surface area contributed by atoms with Crippen molar-refractivity contribution in [2.75, 3.05) is 7.05 Å². The Labute approximate surface area is 170 Å². The maximum absolute atomic E-state index is 5.89. The zero-order valence-corrected chi connectivity index (χ0v) is 17.6. The van der Waals surface area contributed by atoms with Gasteiger partial charge in [0.15, 0.2) is 5.96 Å². The van der Waals surface area contributed by atoms with E-state index in [0.717, 1.165) is 36.8 Å². The fraction of sp³-hybridized carbons (Fsp3) is 0.444. The highest BCUT2D eigenvalue weighted by molar-refractivity contribution is 14.0. The molecule has 2 aromatic rings. The molecule has 0 aliphatic heterocycles. The normalized spacial score (nSPS) is 14.8. The summed E-state index contributed by atoms with van der Waals surface area (Å²) in [6.07, 6.45) is 7.05. The van der Waals surface area contributed by atoms with Crippen molar-refractivity contribution in [2.24, 2.45) is 4.99 Å². The number of nitrogens with one attached hydrogen (secondary N) is 2. The summed E-state index contributed by atoms with van der Waals surface area (Å²) >= 11 is 1.74. The number of nitrogens with zero attached hydrogens (tertiary/aromatic N) is 2. The molecule has 3 rings (SSSR count). The van der Waals surface area contributed by atoms with Gasteiger partial charge in [0.1, 0.15) is 6.10 Å². The first kappa shape index (κ1) is 20.0. The van der Waals surface area contributed by atoms with E-state index >= 15 is 0 Å². The van der Waals surface area contributed by atoms with E-state index in [1.807, 2.05) is 12.3 Å². The number of rotatable bonds is 6. The molecule has 0 radical (unpaired) electrons. The maximum Gasteiger partial charge on any atom is 0.213 e. The minimum absolute atomic E-state index is 0. The maximum atomic E-state index is 5.89. The van der Waals surface area contributed by atoms with Crippen LogP contribution in [0, 0.1) is 0 Å². The molecule has 0 bridgehead atoms. The van der Waals surface area contributed by atoms with Crippen molar-refractivity contribution in [3.8, 4) is 5.88 Å². The lowest BCUT2D eigenvalue weighted by Crippen LogP contribution is -2.36. The molecular formula is C18H25IN4OS. The summed E-state index contributed by atoms with van der Waals surface area (Å²) in [6.45, 7) is 1.46. The third kappa shape index (κ3) is 6.47. The second-order valence-corrected chi connectivity index (χ2v) is 6.92. The molecular weight excluding hydrogens is 447 g/mol. The van der Waals surface area contributed by atoms with Gasteiger partial charge in [0, 0.05) is 30.7 Å². The standard InChI is InChI=1S/C18H24N4OS.HI/c1-19-18(22-13-16-7-4-10-24-16)21-12-14-8-9-17(20-11-14)23-15-5-2-3-6-15;/h4,7-11,15H,2-3,5-6,12-13H2,1H3,(H2,19,21,22);1H. The van der Waals surface area contributed by atoms with Gasteiger partial charge in [-0.15, -0.1) is 35.3 Å². The van der Waals surface area contributed by atoms with Crippen LogP contribution < -0.4 is 15.4 Å². The van der Waals surface area contributed by atoms with Gasteiger partial charge in [0.05, 0.1) is 6.54 Å². The van der Waals surface area contributed by atoms with Gasteiger partial charge in [-0.3, -0.25) is 4.99 Å². The van der Waals surface area contributed by atoms with Gasteiger partial charge in [-0.25, -0.2) is 4.98 Å². The first-order chi connectivity index (χ1) is 11.8. The molecule has 1 aliphatic carbocycles. The number of pyridine rings is 1. The van der Waals surface area contributed by atoms with E-state index in [2.05, 4.69) is 44.2 Å². The number of ether oxygens (including phenoxy) is 1. The van der Waals surface area contributed by atoms with Gasteiger partial charge in [-0.05, 0) is 42.7 Å². The third-order valence-corrected chi connectivity index (χ3v) is 4.96. The Bertz CT molecular complexity index is 640. The van der Waals surface area contributed by atoms with Crippen molar-refractivity contribution in [1.29, 1.82) is 0 Å². The molecule has 0 saturated heterocycles. The fourth-order valence-corrected chi connectivity index (χ4v) is 3.40. The molecule has 5 nitrogen and oxygen atoms in total. The highest BCUT2D eigenvalue weighted by Gasteiger charge is 2.16. The summed E-state index contributed by atoms with van der Waals surface area (Å²) in [4.78, 5) is 9.94. The van der Waals surface area contributed by atoms with Crippen LogP contribution in [0.5, 0.6) is 5.88 Å². The van der Waals surface area contributed by atoms with E-state index < -0.39 is 0 Å². The van der Waals surface area contributed by atoms with E-state index in [1.54, 1.807) is 18.4 Å². The SMILES string of the molecule is CN=C(NCc1ccc(OC2CCCC2)nc1)NCc1cccs1.I. The Balaban J connectivity index is 0.00000225. The van der Waals surface area contributed by atoms with Gasteiger partial charge in [-0.2, -0.15) is 0 Å². The molecule has 25 heavy (non-hydrogen) atoms. The molecule has 0 atom stereocenters. The highest BCUT2D eigenvalue weighted by atomic mass is 127. The van der Waals surface area contributed by atoms with Crippen molar-refractivity contribution >= 4 is 41.3 Å². The minimum Gasteiger partial charge on any atom is -0.474 e. The van der Waals surface area contributed by atoms with Crippen LogP contribution in [0.1, 0.15) is 36.1 Å². The predicted molar refractivity (Wildman–Crippen MR) is 114 cm³/mol. The molecule has 1 saturated carbocycles. The Kier molecular flexibility index (Phi) is 8.47. The topological polar surface area (TPSA) is 58.5 Å². The van der Waals surface area contributed by atoms with Crippen LogP contribution in [0.25, 0.3) is 0 Å². The van der Waals surface area contributed by atoms with Crippen molar-refractivity contribution < 1.29 is 4.74 Å². The van der Waals surface area contributed by atoms with Crippen LogP contribution in [0.3, 0.4) is 0 Å². The predicted octanol–water partition coefficient (Wildman–Crippen LogP) is 3.95. The summed E-state index contributed by atoms with van der Waals surface area (Å²) in [5.74, 6) is 1.51. The average molecular weight is 472 g/mol. The van der Waals surface area contributed by atoms with Crippen molar-refractivity contribution in [3.63, 3.8) is 0 Å². The number of guanidine groups is 1. The van der Waals surface area contributed by atoms with Crippen LogP contribution in [-0.2, 0) is 13.1 Å². The lowest BCUT2D eigenvalue weighted by Gasteiger charge is -2.13. The summed E-state index contributed by atoms with van der Waals surface area (Å²) < 4.78 is 5.89. The quantitative estimate of drug-likeness (QED) is 0.380. The van der Waals surface area contributed by atoms with Gasteiger partial charge < -0.3 is 15.4 Å². The molecule has 136 valence electrons. The lowest BCUT2D eigenvalue weighted by atomic mass is 10.3. The molecule has 0 unspecified atom stereocenters. The number of hydrogen-bond acceptors (Lipinski definition) is 4. The van der Waals surface area contributed by atoms with E-state index in [0.29, 0.717) is 12.6 Å². The molecule has 1 fully saturated rings. The summed E-state index contributed by atoms with van der Waals surface area (Å²) in [5.41, 5.74) is 1.10. The summed E-state index contributed by atoms with van der Waals surface area (Å²) in [6, 6.07) is 8.17. The molecule has 7 heteroatoms. The number of halogens is 1. The molecule has 2 aromatic heterocycles. The van der Waals surface area contributed by atoms with Crippen LogP contribution >= 0.6 is 35.3 Å². The third-order valence-electron chi connectivity index (χ3n) is 4.08. The van der Waals surface area contributed by atoms with Crippen LogP contribution in [0.2, 0.25) is 0 Å². The number of aromatic nitrogens is 1. The number of aliphatic imine (C=N–C) groups is 1. The van der Waals surface area contributed by atoms with Crippen molar-refractivity contribution in [2.45, 2.75) is 44.9 Å². The summed E-state index contributed by atoms with van der Waals surface area (Å²) in [5, 5.41) is 8.69. The average Bonchev–Trinajstić information content (AvgIpc) is 3.30. The number of hydrogen-bond donors (Lipinski definition) is 2. The van der Waals surface area contributed by atoms with E-state index in [9.17, 15) is 0 Å². The number of thiophene rings is 1. The monoisotopic (exact) mass is 472 g/mol. The molecule has 0 amide bonds. The molecule has 0 spiro atoms. The van der Waals surface area contributed by atoms with Crippen LogP contribution in [0.15, 0.2) is 40.8 Å². The van der Waals surface area contributed by atoms with Crippen molar-refractivity contribution in [3.05, 3.63) is 46.3 Å². The van der Waals surface area contributed by atoms with Gasteiger partial charge in [-0.1, -0.05) is 12.1 Å². The Hall–Kier alpha value is -1.35. The van der Waals surface area contributed by atoms with Gasteiger partial charge in [0.25, 0.3) is 0 Å². The Morgan fingerprint density at radius 3 is 2.68 bits per heavy atom. The largest absolute Gasteiger partial charge is 0.474 e. The smallest absolute Gasteiger partial charge is 0.213 e. The second-order valence-electron chi connectivity index (χ2n) is 5.89. The zero-order chi connectivity index (χ0) is 16.6. The molecule has 2 heterocycles. The van der Waals surface area contributed by atoms with Crippen LogP contribution in [-0.4, -0.2) is 24.1 Å². The summed E-state index contributed by atoms with van der Waals surface area (Å²) in [7, 11) is 1.78. The van der Waals surface area contributed by atoms with Gasteiger partial charge in [0.2, 0.25) is 5.88 Å². The van der Waals surface area contributed by atoms with E-state index in [4.69, 9.17) is 4.74 Å². The first-order valence-electron chi connectivity index (χ1n) is 8.42. The van der Waals surface area contributed by atoms with Crippen LogP contribution in [0.4, 0.5) is 0 Å². The van der Waals surface area contributed by atoms with E-state index in [-0.39, 0.29) is 24.0 Å². The first-order valence-corrected chi connectivity index (χ1v) is 9.30. The lowest BCUT2D eigenvalue weighted by molar-refractivity contribution is 0.201. The molecule has 0 aromatic carbocycles. The zero-order valence-electron chi connectivity index (χ0n) is 14.4. The highest BCUT2D eigenvalue weighted by Crippen LogP contribution is 2.22.